The third kappa shape index (κ3) is 4.70. The lowest BCUT2D eigenvalue weighted by molar-refractivity contribution is 0.0752. The van der Waals surface area contributed by atoms with Crippen LogP contribution >= 0.6 is 11.3 Å². The molecular formula is C25H21N3O2S. The van der Waals surface area contributed by atoms with E-state index >= 15 is 0 Å². The first-order chi connectivity index (χ1) is 15.1. The van der Waals surface area contributed by atoms with Crippen LogP contribution in [0.2, 0.25) is 0 Å². The Bertz CT molecular complexity index is 1120. The molecule has 2 amide bonds. The SMILES string of the molecule is CN(C(=O)c1cccc(NC(=O)c2cccs2)c1)C(c1ccccc1)c1ccccn1. The first-order valence-electron chi connectivity index (χ1n) is 9.81. The molecule has 154 valence electrons. The summed E-state index contributed by atoms with van der Waals surface area (Å²) in [6.45, 7) is 0. The van der Waals surface area contributed by atoms with Crippen molar-refractivity contribution in [3.8, 4) is 0 Å². The van der Waals surface area contributed by atoms with Crippen LogP contribution < -0.4 is 5.32 Å². The van der Waals surface area contributed by atoms with Gasteiger partial charge in [0.15, 0.2) is 0 Å². The van der Waals surface area contributed by atoms with E-state index in [1.807, 2.05) is 60.0 Å². The van der Waals surface area contributed by atoms with Crippen LogP contribution in [0.1, 0.15) is 37.3 Å². The summed E-state index contributed by atoms with van der Waals surface area (Å²) in [4.78, 5) is 32.5. The van der Waals surface area contributed by atoms with E-state index < -0.39 is 0 Å². The van der Waals surface area contributed by atoms with Gasteiger partial charge >= 0.3 is 0 Å². The van der Waals surface area contributed by atoms with Gasteiger partial charge in [-0.2, -0.15) is 0 Å². The van der Waals surface area contributed by atoms with E-state index in [0.717, 1.165) is 11.3 Å². The zero-order chi connectivity index (χ0) is 21.6. The van der Waals surface area contributed by atoms with Gasteiger partial charge in [0.1, 0.15) is 0 Å². The van der Waals surface area contributed by atoms with E-state index in [0.29, 0.717) is 16.1 Å². The number of benzene rings is 2. The summed E-state index contributed by atoms with van der Waals surface area (Å²) in [5.74, 6) is -0.352. The van der Waals surface area contributed by atoms with Crippen molar-refractivity contribution < 1.29 is 9.59 Å². The van der Waals surface area contributed by atoms with Gasteiger partial charge in [-0.15, -0.1) is 11.3 Å². The van der Waals surface area contributed by atoms with Crippen LogP contribution in [0.25, 0.3) is 0 Å². The van der Waals surface area contributed by atoms with Gasteiger partial charge in [0.25, 0.3) is 11.8 Å². The Kier molecular flexibility index (Phi) is 6.19. The zero-order valence-electron chi connectivity index (χ0n) is 16.9. The summed E-state index contributed by atoms with van der Waals surface area (Å²) in [7, 11) is 1.77. The Balaban J connectivity index is 1.61. The molecule has 0 spiro atoms. The summed E-state index contributed by atoms with van der Waals surface area (Å²) in [6.07, 6.45) is 1.73. The average molecular weight is 428 g/mol. The van der Waals surface area contributed by atoms with Crippen LogP contribution in [0.5, 0.6) is 0 Å². The van der Waals surface area contributed by atoms with Crippen molar-refractivity contribution in [2.45, 2.75) is 6.04 Å². The molecule has 2 aromatic carbocycles. The van der Waals surface area contributed by atoms with Crippen molar-refractivity contribution in [2.75, 3.05) is 12.4 Å². The molecule has 0 fully saturated rings. The van der Waals surface area contributed by atoms with Crippen LogP contribution in [-0.4, -0.2) is 28.7 Å². The molecule has 0 aliphatic carbocycles. The number of hydrogen-bond acceptors (Lipinski definition) is 4. The molecule has 0 radical (unpaired) electrons. The molecule has 1 N–H and O–H groups in total. The Hall–Kier alpha value is -3.77. The largest absolute Gasteiger partial charge is 0.329 e. The van der Waals surface area contributed by atoms with Crippen LogP contribution in [0, 0.1) is 0 Å². The molecule has 31 heavy (non-hydrogen) atoms. The van der Waals surface area contributed by atoms with Gasteiger partial charge in [0.2, 0.25) is 0 Å². The quantitative estimate of drug-likeness (QED) is 0.457. The first kappa shape index (κ1) is 20.5. The maximum Gasteiger partial charge on any atom is 0.265 e. The molecule has 6 heteroatoms. The smallest absolute Gasteiger partial charge is 0.265 e. The predicted molar refractivity (Wildman–Crippen MR) is 123 cm³/mol. The molecule has 0 saturated carbocycles. The molecule has 1 unspecified atom stereocenters. The van der Waals surface area contributed by atoms with E-state index in [4.69, 9.17) is 0 Å². The fraction of sp³-hybridized carbons (Fsp3) is 0.0800. The van der Waals surface area contributed by atoms with Crippen molar-refractivity contribution in [1.29, 1.82) is 0 Å². The van der Waals surface area contributed by atoms with E-state index in [1.165, 1.54) is 11.3 Å². The molecule has 1 atom stereocenters. The van der Waals surface area contributed by atoms with E-state index in [-0.39, 0.29) is 17.9 Å². The van der Waals surface area contributed by atoms with Gasteiger partial charge in [0.05, 0.1) is 16.6 Å². The summed E-state index contributed by atoms with van der Waals surface area (Å²) >= 11 is 1.37. The second-order valence-corrected chi connectivity index (χ2v) is 7.94. The zero-order valence-corrected chi connectivity index (χ0v) is 17.8. The van der Waals surface area contributed by atoms with Gasteiger partial charge in [-0.1, -0.05) is 48.5 Å². The van der Waals surface area contributed by atoms with E-state index in [1.54, 1.807) is 48.5 Å². The van der Waals surface area contributed by atoms with Crippen molar-refractivity contribution in [1.82, 2.24) is 9.88 Å². The maximum atomic E-state index is 13.4. The fourth-order valence-electron chi connectivity index (χ4n) is 3.42. The number of amides is 2. The normalized spacial score (nSPS) is 11.5. The van der Waals surface area contributed by atoms with Crippen LogP contribution in [0.3, 0.4) is 0 Å². The summed E-state index contributed by atoms with van der Waals surface area (Å²) < 4.78 is 0. The van der Waals surface area contributed by atoms with E-state index in [2.05, 4.69) is 10.3 Å². The molecule has 2 aromatic heterocycles. The molecule has 0 aliphatic rings. The highest BCUT2D eigenvalue weighted by atomic mass is 32.1. The maximum absolute atomic E-state index is 13.4. The second-order valence-electron chi connectivity index (χ2n) is 7.00. The van der Waals surface area contributed by atoms with Gasteiger partial charge in [-0.3, -0.25) is 14.6 Å². The lowest BCUT2D eigenvalue weighted by Gasteiger charge is -2.28. The summed E-state index contributed by atoms with van der Waals surface area (Å²) in [6, 6.07) is 25.7. The highest BCUT2D eigenvalue weighted by molar-refractivity contribution is 7.12. The molecular weight excluding hydrogens is 406 g/mol. The van der Waals surface area contributed by atoms with Crippen LogP contribution in [-0.2, 0) is 0 Å². The fourth-order valence-corrected chi connectivity index (χ4v) is 4.04. The summed E-state index contributed by atoms with van der Waals surface area (Å²) in [5.41, 5.74) is 2.82. The van der Waals surface area contributed by atoms with Gasteiger partial charge < -0.3 is 10.2 Å². The Morgan fingerprint density at radius 3 is 2.45 bits per heavy atom. The molecule has 4 rings (SSSR count). The predicted octanol–water partition coefficient (Wildman–Crippen LogP) is 5.26. The lowest BCUT2D eigenvalue weighted by Crippen LogP contribution is -2.32. The minimum absolute atomic E-state index is 0.160. The number of nitrogens with one attached hydrogen (secondary N) is 1. The number of pyridine rings is 1. The Labute approximate surface area is 185 Å². The van der Waals surface area contributed by atoms with Gasteiger partial charge in [-0.05, 0) is 47.3 Å². The molecule has 0 bridgehead atoms. The summed E-state index contributed by atoms with van der Waals surface area (Å²) in [5, 5.41) is 4.71. The number of nitrogens with zero attached hydrogens (tertiary/aromatic N) is 2. The Morgan fingerprint density at radius 2 is 1.74 bits per heavy atom. The third-order valence-corrected chi connectivity index (χ3v) is 5.77. The van der Waals surface area contributed by atoms with E-state index in [9.17, 15) is 9.59 Å². The molecule has 0 aliphatic heterocycles. The lowest BCUT2D eigenvalue weighted by atomic mass is 10.0. The topological polar surface area (TPSA) is 62.3 Å². The number of aromatic nitrogens is 1. The van der Waals surface area contributed by atoms with Crippen molar-refractivity contribution in [3.05, 3.63) is 118 Å². The minimum Gasteiger partial charge on any atom is -0.329 e. The number of rotatable bonds is 6. The molecule has 4 aromatic rings. The number of carbonyl (C=O) groups excluding carboxylic acids is 2. The second kappa shape index (κ2) is 9.36. The highest BCUT2D eigenvalue weighted by Crippen LogP contribution is 2.28. The Morgan fingerprint density at radius 1 is 0.935 bits per heavy atom. The average Bonchev–Trinajstić information content (AvgIpc) is 3.36. The molecule has 5 nitrogen and oxygen atoms in total. The van der Waals surface area contributed by atoms with Gasteiger partial charge in [-0.25, -0.2) is 0 Å². The number of anilines is 1. The monoisotopic (exact) mass is 427 g/mol. The molecule has 0 saturated heterocycles. The number of thiophene rings is 1. The standard InChI is InChI=1S/C25H21N3O2S/c1-28(23(18-9-3-2-4-10-18)21-13-5-6-15-26-21)25(30)19-11-7-12-20(17-19)27-24(29)22-14-8-16-31-22/h2-17,23H,1H3,(H,27,29). The highest BCUT2D eigenvalue weighted by Gasteiger charge is 2.25. The third-order valence-electron chi connectivity index (χ3n) is 4.90. The van der Waals surface area contributed by atoms with Crippen molar-refractivity contribution >= 4 is 28.8 Å². The number of hydrogen-bond donors (Lipinski definition) is 1. The minimum atomic E-state index is -0.334. The first-order valence-corrected chi connectivity index (χ1v) is 10.7. The van der Waals surface area contributed by atoms with Crippen LogP contribution in [0.15, 0.2) is 96.5 Å². The van der Waals surface area contributed by atoms with Crippen molar-refractivity contribution in [3.63, 3.8) is 0 Å². The van der Waals surface area contributed by atoms with Crippen molar-refractivity contribution in [2.24, 2.45) is 0 Å². The molecule has 2 heterocycles. The number of carbonyl (C=O) groups is 2. The van der Waals surface area contributed by atoms with Crippen LogP contribution in [0.4, 0.5) is 5.69 Å². The van der Waals surface area contributed by atoms with Gasteiger partial charge in [0, 0.05) is 24.5 Å².